The molecule has 0 heterocycles. The molecular formula is C24H25NO3S. The molecule has 4 nitrogen and oxygen atoms in total. The van der Waals surface area contributed by atoms with Gasteiger partial charge in [-0.15, -0.1) is 11.8 Å². The quantitative estimate of drug-likeness (QED) is 0.507. The van der Waals surface area contributed by atoms with Gasteiger partial charge < -0.3 is 14.8 Å². The zero-order valence-corrected chi connectivity index (χ0v) is 17.6. The topological polar surface area (TPSA) is 47.6 Å². The number of rotatable bonds is 8. The van der Waals surface area contributed by atoms with E-state index in [1.165, 1.54) is 11.8 Å². The highest BCUT2D eigenvalue weighted by Gasteiger charge is 2.24. The van der Waals surface area contributed by atoms with Crippen molar-refractivity contribution in [2.24, 2.45) is 0 Å². The summed E-state index contributed by atoms with van der Waals surface area (Å²) >= 11 is 1.54. The minimum atomic E-state index is -0.363. The molecule has 0 radical (unpaired) electrons. The number of nitrogens with one attached hydrogen (secondary N) is 1. The van der Waals surface area contributed by atoms with E-state index in [-0.39, 0.29) is 17.2 Å². The summed E-state index contributed by atoms with van der Waals surface area (Å²) in [5, 5.41) is 2.78. The summed E-state index contributed by atoms with van der Waals surface area (Å²) in [5.41, 5.74) is 1.83. The number of carbonyl (C=O) groups is 1. The molecule has 5 heteroatoms. The second-order valence-corrected chi connectivity index (χ2v) is 7.74. The Kier molecular flexibility index (Phi) is 7.19. The molecule has 3 aromatic carbocycles. The molecule has 0 bridgehead atoms. The average Bonchev–Trinajstić information content (AvgIpc) is 2.78. The van der Waals surface area contributed by atoms with E-state index in [4.69, 9.17) is 9.47 Å². The Morgan fingerprint density at radius 1 is 0.897 bits per heavy atom. The monoisotopic (exact) mass is 407 g/mol. The number of amides is 1. The maximum atomic E-state index is 13.3. The molecule has 2 unspecified atom stereocenters. The molecule has 1 N–H and O–H groups in total. The van der Waals surface area contributed by atoms with Crippen LogP contribution in [0.4, 0.5) is 0 Å². The highest BCUT2D eigenvalue weighted by molar-refractivity contribution is 8.00. The van der Waals surface area contributed by atoms with Crippen molar-refractivity contribution in [2.75, 3.05) is 14.2 Å². The van der Waals surface area contributed by atoms with Crippen LogP contribution < -0.4 is 14.8 Å². The summed E-state index contributed by atoms with van der Waals surface area (Å²) < 4.78 is 10.8. The van der Waals surface area contributed by atoms with E-state index >= 15 is 0 Å². The first-order chi connectivity index (χ1) is 14.1. The van der Waals surface area contributed by atoms with Crippen LogP contribution in [0.15, 0.2) is 83.8 Å². The molecule has 1 amide bonds. The summed E-state index contributed by atoms with van der Waals surface area (Å²) in [6, 6.07) is 25.1. The maximum Gasteiger partial charge on any atom is 0.238 e. The molecule has 0 saturated heterocycles. The van der Waals surface area contributed by atoms with Gasteiger partial charge in [0.05, 0.1) is 20.3 Å². The van der Waals surface area contributed by atoms with Gasteiger partial charge in [-0.1, -0.05) is 48.5 Å². The van der Waals surface area contributed by atoms with Gasteiger partial charge in [0.1, 0.15) is 16.7 Å². The van der Waals surface area contributed by atoms with Crippen molar-refractivity contribution in [3.8, 4) is 11.5 Å². The predicted molar refractivity (Wildman–Crippen MR) is 118 cm³/mol. The number of hydrogen-bond acceptors (Lipinski definition) is 4. The summed E-state index contributed by atoms with van der Waals surface area (Å²) in [5.74, 6) is 1.38. The highest BCUT2D eigenvalue weighted by atomic mass is 32.2. The number of methoxy groups -OCH3 is 2. The molecule has 0 saturated carbocycles. The van der Waals surface area contributed by atoms with E-state index in [1.54, 1.807) is 14.2 Å². The Labute approximate surface area is 176 Å². The van der Waals surface area contributed by atoms with Crippen LogP contribution in [0.5, 0.6) is 11.5 Å². The van der Waals surface area contributed by atoms with Crippen molar-refractivity contribution in [3.63, 3.8) is 0 Å². The van der Waals surface area contributed by atoms with Gasteiger partial charge in [-0.2, -0.15) is 0 Å². The smallest absolute Gasteiger partial charge is 0.238 e. The largest absolute Gasteiger partial charge is 0.497 e. The molecule has 0 aliphatic heterocycles. The van der Waals surface area contributed by atoms with E-state index in [9.17, 15) is 4.79 Å². The number of thioether (sulfide) groups is 1. The first-order valence-electron chi connectivity index (χ1n) is 9.41. The van der Waals surface area contributed by atoms with Crippen LogP contribution in [0.3, 0.4) is 0 Å². The Balaban J connectivity index is 1.85. The predicted octanol–water partition coefficient (Wildman–Crippen LogP) is 5.41. The molecule has 0 fully saturated rings. The van der Waals surface area contributed by atoms with Crippen LogP contribution >= 0.6 is 11.8 Å². The van der Waals surface area contributed by atoms with Gasteiger partial charge >= 0.3 is 0 Å². The Bertz CT molecular complexity index is 931. The van der Waals surface area contributed by atoms with E-state index < -0.39 is 0 Å². The third-order valence-corrected chi connectivity index (χ3v) is 5.87. The van der Waals surface area contributed by atoms with Crippen LogP contribution in [-0.4, -0.2) is 20.1 Å². The maximum absolute atomic E-state index is 13.3. The average molecular weight is 408 g/mol. The fraction of sp³-hybridized carbons (Fsp3) is 0.208. The van der Waals surface area contributed by atoms with Crippen LogP contribution in [0.1, 0.15) is 29.3 Å². The molecule has 3 aromatic rings. The Morgan fingerprint density at radius 3 is 2.17 bits per heavy atom. The molecule has 0 aromatic heterocycles. The third kappa shape index (κ3) is 5.33. The standard InChI is InChI=1S/C24H25NO3S/c1-17(21-16-19(27-2)14-15-22(21)28-3)25-24(26)23(18-10-6-4-7-11-18)29-20-12-8-5-9-13-20/h4-17,23H,1-3H3,(H,25,26). The minimum Gasteiger partial charge on any atom is -0.497 e. The van der Waals surface area contributed by atoms with Gasteiger partial charge in [-0.25, -0.2) is 0 Å². The SMILES string of the molecule is COc1ccc(OC)c(C(C)NC(=O)C(Sc2ccccc2)c2ccccc2)c1. The second kappa shape index (κ2) is 10.0. The molecule has 0 aliphatic carbocycles. The van der Waals surface area contributed by atoms with Crippen molar-refractivity contribution in [1.82, 2.24) is 5.32 Å². The molecule has 29 heavy (non-hydrogen) atoms. The second-order valence-electron chi connectivity index (χ2n) is 6.56. The Morgan fingerprint density at radius 2 is 1.55 bits per heavy atom. The summed E-state index contributed by atoms with van der Waals surface area (Å²) in [6.45, 7) is 1.95. The van der Waals surface area contributed by atoms with E-state index in [2.05, 4.69) is 5.32 Å². The molecule has 150 valence electrons. The van der Waals surface area contributed by atoms with Crippen molar-refractivity contribution in [1.29, 1.82) is 0 Å². The zero-order chi connectivity index (χ0) is 20.6. The van der Waals surface area contributed by atoms with Gasteiger partial charge in [0, 0.05) is 10.5 Å². The van der Waals surface area contributed by atoms with Crippen LogP contribution in [0, 0.1) is 0 Å². The van der Waals surface area contributed by atoms with Crippen LogP contribution in [-0.2, 0) is 4.79 Å². The number of ether oxygens (including phenoxy) is 2. The van der Waals surface area contributed by atoms with Gasteiger partial charge in [0.2, 0.25) is 5.91 Å². The normalized spacial score (nSPS) is 12.7. The summed E-state index contributed by atoms with van der Waals surface area (Å²) in [6.07, 6.45) is 0. The molecular weight excluding hydrogens is 382 g/mol. The Hall–Kier alpha value is -2.92. The number of carbonyl (C=O) groups excluding carboxylic acids is 1. The van der Waals surface area contributed by atoms with Crippen LogP contribution in [0.2, 0.25) is 0 Å². The lowest BCUT2D eigenvalue weighted by molar-refractivity contribution is -0.121. The zero-order valence-electron chi connectivity index (χ0n) is 16.8. The lowest BCUT2D eigenvalue weighted by Gasteiger charge is -2.22. The minimum absolute atomic E-state index is 0.0533. The van der Waals surface area contributed by atoms with Crippen molar-refractivity contribution in [2.45, 2.75) is 23.1 Å². The van der Waals surface area contributed by atoms with Gasteiger partial charge in [-0.3, -0.25) is 4.79 Å². The van der Waals surface area contributed by atoms with E-state index in [1.807, 2.05) is 85.8 Å². The van der Waals surface area contributed by atoms with E-state index in [0.717, 1.165) is 21.8 Å². The van der Waals surface area contributed by atoms with Crippen molar-refractivity contribution in [3.05, 3.63) is 90.0 Å². The van der Waals surface area contributed by atoms with Gasteiger partial charge in [0.25, 0.3) is 0 Å². The fourth-order valence-electron chi connectivity index (χ4n) is 3.08. The molecule has 0 spiro atoms. The van der Waals surface area contributed by atoms with Crippen LogP contribution in [0.25, 0.3) is 0 Å². The summed E-state index contributed by atoms with van der Waals surface area (Å²) in [7, 11) is 3.24. The van der Waals surface area contributed by atoms with Gasteiger partial charge in [0.15, 0.2) is 0 Å². The third-order valence-electron chi connectivity index (χ3n) is 4.60. The molecule has 2 atom stereocenters. The summed E-state index contributed by atoms with van der Waals surface area (Å²) in [4.78, 5) is 14.3. The lowest BCUT2D eigenvalue weighted by Crippen LogP contribution is -2.30. The molecule has 3 rings (SSSR count). The first kappa shape index (κ1) is 20.8. The lowest BCUT2D eigenvalue weighted by atomic mass is 10.1. The van der Waals surface area contributed by atoms with Crippen molar-refractivity contribution < 1.29 is 14.3 Å². The number of benzene rings is 3. The van der Waals surface area contributed by atoms with E-state index in [0.29, 0.717) is 5.75 Å². The molecule has 0 aliphatic rings. The highest BCUT2D eigenvalue weighted by Crippen LogP contribution is 2.36. The van der Waals surface area contributed by atoms with Gasteiger partial charge in [-0.05, 0) is 42.8 Å². The first-order valence-corrected chi connectivity index (χ1v) is 10.3. The fourth-order valence-corrected chi connectivity index (χ4v) is 4.14. The number of hydrogen-bond donors (Lipinski definition) is 1. The van der Waals surface area contributed by atoms with Crippen molar-refractivity contribution >= 4 is 17.7 Å².